The van der Waals surface area contributed by atoms with Crippen molar-refractivity contribution in [1.29, 1.82) is 0 Å². The molecule has 0 unspecified atom stereocenters. The molecule has 2 aromatic heterocycles. The molecule has 2 N–H and O–H groups in total. The lowest BCUT2D eigenvalue weighted by Gasteiger charge is -2.12. The number of aromatic nitrogens is 2. The molecule has 2 heterocycles. The van der Waals surface area contributed by atoms with Crippen molar-refractivity contribution in [3.05, 3.63) is 48.3 Å². The van der Waals surface area contributed by atoms with E-state index < -0.39 is 0 Å². The highest BCUT2D eigenvalue weighted by atomic mass is 16.5. The van der Waals surface area contributed by atoms with E-state index >= 15 is 0 Å². The van der Waals surface area contributed by atoms with E-state index in [4.69, 9.17) is 4.74 Å². The van der Waals surface area contributed by atoms with Crippen LogP contribution in [0.15, 0.2) is 42.7 Å². The lowest BCUT2D eigenvalue weighted by Crippen LogP contribution is -2.28. The first-order chi connectivity index (χ1) is 12.6. The number of carbonyl (C=O) groups is 1. The maximum atomic E-state index is 11.8. The monoisotopic (exact) mass is 350 g/mol. The van der Waals surface area contributed by atoms with E-state index in [-0.39, 0.29) is 6.03 Å². The molecule has 134 valence electrons. The molecular weight excluding hydrogens is 328 g/mol. The quantitative estimate of drug-likeness (QED) is 0.725. The average molecular weight is 350 g/mol. The number of pyridine rings is 2. The van der Waals surface area contributed by atoms with E-state index in [0.29, 0.717) is 24.8 Å². The Hall–Kier alpha value is -3.15. The zero-order valence-corrected chi connectivity index (χ0v) is 15.2. The molecule has 0 aliphatic rings. The summed E-state index contributed by atoms with van der Waals surface area (Å²) in [6.07, 6.45) is 3.53. The normalized spacial score (nSPS) is 10.6. The molecule has 6 heteroatoms. The maximum Gasteiger partial charge on any atom is 0.320 e. The van der Waals surface area contributed by atoms with Crippen LogP contribution in [-0.4, -0.2) is 29.2 Å². The highest BCUT2D eigenvalue weighted by Gasteiger charge is 2.10. The fourth-order valence-electron chi connectivity index (χ4n) is 2.83. The third kappa shape index (κ3) is 3.74. The van der Waals surface area contributed by atoms with Crippen LogP contribution >= 0.6 is 0 Å². The molecule has 0 fully saturated rings. The minimum absolute atomic E-state index is 0.268. The van der Waals surface area contributed by atoms with Gasteiger partial charge in [0.15, 0.2) is 0 Å². The van der Waals surface area contributed by atoms with Gasteiger partial charge in [-0.3, -0.25) is 5.32 Å². The number of hydrogen-bond donors (Lipinski definition) is 2. The number of aryl methyl sites for hydroxylation is 1. The molecule has 3 rings (SSSR count). The Kier molecular flexibility index (Phi) is 5.31. The SMILES string of the molecule is CCNC(=O)Nc1cc2c(-c3ccnc(OCC)c3)ccc(C)c2cn1. The number of fused-ring (bicyclic) bond motifs is 1. The summed E-state index contributed by atoms with van der Waals surface area (Å²) in [5.41, 5.74) is 3.17. The molecule has 0 aliphatic carbocycles. The van der Waals surface area contributed by atoms with Gasteiger partial charge in [0.25, 0.3) is 0 Å². The van der Waals surface area contributed by atoms with Crippen LogP contribution in [0.2, 0.25) is 0 Å². The van der Waals surface area contributed by atoms with E-state index in [1.807, 2.05) is 39.0 Å². The minimum Gasteiger partial charge on any atom is -0.478 e. The van der Waals surface area contributed by atoms with E-state index in [1.165, 1.54) is 0 Å². The highest BCUT2D eigenvalue weighted by molar-refractivity contribution is 6.00. The largest absolute Gasteiger partial charge is 0.478 e. The standard InChI is InChI=1S/C20H22N4O2/c1-4-21-20(25)24-18-11-16-15(7-6-13(3)17(16)12-23-18)14-8-9-22-19(10-14)26-5-2/h6-12H,4-5H2,1-3H3,(H2,21,23,24,25). The van der Waals surface area contributed by atoms with E-state index in [2.05, 4.69) is 32.7 Å². The van der Waals surface area contributed by atoms with E-state index in [0.717, 1.165) is 27.5 Å². The Morgan fingerprint density at radius 2 is 1.96 bits per heavy atom. The fraction of sp³-hybridized carbons (Fsp3) is 0.250. The van der Waals surface area contributed by atoms with Crippen LogP contribution in [0, 0.1) is 6.92 Å². The summed E-state index contributed by atoms with van der Waals surface area (Å²) in [5, 5.41) is 7.53. The Labute approximate surface area is 152 Å². The van der Waals surface area contributed by atoms with E-state index in [9.17, 15) is 4.79 Å². The average Bonchev–Trinajstić information content (AvgIpc) is 2.63. The van der Waals surface area contributed by atoms with Crippen molar-refractivity contribution < 1.29 is 9.53 Å². The van der Waals surface area contributed by atoms with Gasteiger partial charge in [0.1, 0.15) is 5.82 Å². The molecule has 1 aromatic carbocycles. The molecule has 0 saturated heterocycles. The minimum atomic E-state index is -0.268. The number of carbonyl (C=O) groups excluding carboxylic acids is 1. The molecule has 6 nitrogen and oxygen atoms in total. The van der Waals surface area contributed by atoms with Crippen molar-refractivity contribution in [1.82, 2.24) is 15.3 Å². The van der Waals surface area contributed by atoms with Gasteiger partial charge in [-0.05, 0) is 55.0 Å². The van der Waals surface area contributed by atoms with Crippen molar-refractivity contribution in [2.75, 3.05) is 18.5 Å². The summed E-state index contributed by atoms with van der Waals surface area (Å²) in [7, 11) is 0. The molecule has 0 bridgehead atoms. The number of nitrogens with one attached hydrogen (secondary N) is 2. The molecule has 0 radical (unpaired) electrons. The Balaban J connectivity index is 2.08. The second-order valence-corrected chi connectivity index (χ2v) is 5.85. The highest BCUT2D eigenvalue weighted by Crippen LogP contribution is 2.32. The van der Waals surface area contributed by atoms with Gasteiger partial charge in [-0.2, -0.15) is 0 Å². The summed E-state index contributed by atoms with van der Waals surface area (Å²) < 4.78 is 5.52. The van der Waals surface area contributed by atoms with Crippen LogP contribution in [0.25, 0.3) is 21.9 Å². The lowest BCUT2D eigenvalue weighted by molar-refractivity contribution is 0.252. The van der Waals surface area contributed by atoms with Crippen molar-refractivity contribution in [2.45, 2.75) is 20.8 Å². The first-order valence-corrected chi connectivity index (χ1v) is 8.65. The number of amides is 2. The zero-order chi connectivity index (χ0) is 18.5. The van der Waals surface area contributed by atoms with Gasteiger partial charge in [0.2, 0.25) is 5.88 Å². The second kappa shape index (κ2) is 7.82. The van der Waals surface area contributed by atoms with Crippen molar-refractivity contribution in [3.63, 3.8) is 0 Å². The van der Waals surface area contributed by atoms with Gasteiger partial charge in [0.05, 0.1) is 6.61 Å². The summed E-state index contributed by atoms with van der Waals surface area (Å²) >= 11 is 0. The van der Waals surface area contributed by atoms with Gasteiger partial charge >= 0.3 is 6.03 Å². The van der Waals surface area contributed by atoms with Crippen molar-refractivity contribution in [3.8, 4) is 17.0 Å². The van der Waals surface area contributed by atoms with Gasteiger partial charge in [-0.25, -0.2) is 14.8 Å². The molecule has 0 aliphatic heterocycles. The van der Waals surface area contributed by atoms with Crippen LogP contribution < -0.4 is 15.4 Å². The number of benzene rings is 1. The number of urea groups is 1. The van der Waals surface area contributed by atoms with Crippen LogP contribution in [-0.2, 0) is 0 Å². The van der Waals surface area contributed by atoms with Gasteiger partial charge in [0, 0.05) is 30.4 Å². The van der Waals surface area contributed by atoms with Gasteiger partial charge < -0.3 is 10.1 Å². The number of nitrogens with zero attached hydrogens (tertiary/aromatic N) is 2. The summed E-state index contributed by atoms with van der Waals surface area (Å²) in [5.74, 6) is 1.10. The molecular formula is C20H22N4O2. The second-order valence-electron chi connectivity index (χ2n) is 5.85. The molecule has 26 heavy (non-hydrogen) atoms. The first-order valence-electron chi connectivity index (χ1n) is 8.65. The third-order valence-corrected chi connectivity index (χ3v) is 4.04. The molecule has 0 spiro atoms. The van der Waals surface area contributed by atoms with Crippen molar-refractivity contribution >= 4 is 22.6 Å². The van der Waals surface area contributed by atoms with Crippen LogP contribution in [0.5, 0.6) is 5.88 Å². The van der Waals surface area contributed by atoms with E-state index in [1.54, 1.807) is 12.4 Å². The van der Waals surface area contributed by atoms with Gasteiger partial charge in [-0.1, -0.05) is 12.1 Å². The van der Waals surface area contributed by atoms with Crippen LogP contribution in [0.4, 0.5) is 10.6 Å². The van der Waals surface area contributed by atoms with Crippen molar-refractivity contribution in [2.24, 2.45) is 0 Å². The maximum absolute atomic E-state index is 11.8. The first kappa shape index (κ1) is 17.7. The summed E-state index contributed by atoms with van der Waals surface area (Å²) in [6, 6.07) is 9.63. The summed E-state index contributed by atoms with van der Waals surface area (Å²) in [6.45, 7) is 6.97. The Bertz CT molecular complexity index is 940. The van der Waals surface area contributed by atoms with Crippen LogP contribution in [0.1, 0.15) is 19.4 Å². The Morgan fingerprint density at radius 1 is 1.12 bits per heavy atom. The predicted octanol–water partition coefficient (Wildman–Crippen LogP) is 4.15. The fourth-order valence-corrected chi connectivity index (χ4v) is 2.83. The summed E-state index contributed by atoms with van der Waals surface area (Å²) in [4.78, 5) is 20.4. The molecule has 0 atom stereocenters. The number of ether oxygens (including phenoxy) is 1. The molecule has 3 aromatic rings. The Morgan fingerprint density at radius 3 is 2.73 bits per heavy atom. The smallest absolute Gasteiger partial charge is 0.320 e. The number of rotatable bonds is 5. The third-order valence-electron chi connectivity index (χ3n) is 4.04. The zero-order valence-electron chi connectivity index (χ0n) is 15.2. The number of hydrogen-bond acceptors (Lipinski definition) is 4. The molecule has 2 amide bonds. The van der Waals surface area contributed by atoms with Crippen LogP contribution in [0.3, 0.4) is 0 Å². The lowest BCUT2D eigenvalue weighted by atomic mass is 9.97. The predicted molar refractivity (Wildman–Crippen MR) is 104 cm³/mol. The number of anilines is 1. The van der Waals surface area contributed by atoms with Gasteiger partial charge in [-0.15, -0.1) is 0 Å². The topological polar surface area (TPSA) is 76.1 Å². The molecule has 0 saturated carbocycles.